The van der Waals surface area contributed by atoms with Crippen LogP contribution < -0.4 is 0 Å². The van der Waals surface area contributed by atoms with E-state index < -0.39 is 23.4 Å². The van der Waals surface area contributed by atoms with E-state index in [1.807, 2.05) is 90.0 Å². The zero-order valence-electron chi connectivity index (χ0n) is 32.7. The van der Waals surface area contributed by atoms with Gasteiger partial charge >= 0.3 is 0 Å². The Morgan fingerprint density at radius 2 is 0.646 bits per heavy atom. The molecule has 0 aromatic heterocycles. The first-order chi connectivity index (χ1) is 21.2. The molecule has 0 amide bonds. The maximum absolute atomic E-state index is 9.15. The molecule has 302 valence electrons. The van der Waals surface area contributed by atoms with Gasteiger partial charge in [0.05, 0.1) is 63.1 Å². The van der Waals surface area contributed by atoms with Gasteiger partial charge in [-0.3, -0.25) is 0 Å². The molecule has 12 heteroatoms. The third-order valence-electron chi connectivity index (χ3n) is 8.57. The van der Waals surface area contributed by atoms with Gasteiger partial charge in [-0.05, 0) is 49.4 Å². The minimum absolute atomic E-state index is 0. The molecule has 12 nitrogen and oxygen atoms in total. The molecule has 0 unspecified atom stereocenters. The molecule has 0 aliphatic carbocycles. The van der Waals surface area contributed by atoms with Crippen LogP contribution in [0.15, 0.2) is 0 Å². The van der Waals surface area contributed by atoms with Crippen LogP contribution in [0.25, 0.3) is 0 Å². The Morgan fingerprint density at radius 1 is 0.396 bits per heavy atom. The van der Waals surface area contributed by atoms with E-state index in [0.717, 1.165) is 0 Å². The summed E-state index contributed by atoms with van der Waals surface area (Å²) in [4.78, 5) is 0. The van der Waals surface area contributed by atoms with Gasteiger partial charge in [0.25, 0.3) is 0 Å². The van der Waals surface area contributed by atoms with Gasteiger partial charge in [0.2, 0.25) is 0 Å². The number of hydrogen-bond acceptors (Lipinski definition) is 12. The number of rotatable bonds is 14. The maximum Gasteiger partial charge on any atom is 0.0872 e. The minimum atomic E-state index is -0.903. The van der Waals surface area contributed by atoms with E-state index in [4.69, 9.17) is 61.3 Å². The van der Waals surface area contributed by atoms with Gasteiger partial charge in [0.15, 0.2) is 0 Å². The summed E-state index contributed by atoms with van der Waals surface area (Å²) >= 11 is 0. The molecule has 0 rings (SSSR count). The Kier molecular flexibility index (Phi) is 45.6. The lowest BCUT2D eigenvalue weighted by Gasteiger charge is -2.28. The van der Waals surface area contributed by atoms with E-state index in [1.165, 1.54) is 0 Å². The Hall–Kier alpha value is -0.480. The molecule has 4 atom stereocenters. The van der Waals surface area contributed by atoms with Crippen molar-refractivity contribution >= 4 is 0 Å². The molecular formula is C36H86O12. The Labute approximate surface area is 295 Å². The molecular weight excluding hydrogens is 624 g/mol. The second-order valence-corrected chi connectivity index (χ2v) is 14.8. The average Bonchev–Trinajstić information content (AvgIpc) is 3.01. The van der Waals surface area contributed by atoms with Crippen molar-refractivity contribution in [3.05, 3.63) is 0 Å². The van der Waals surface area contributed by atoms with Gasteiger partial charge in [0.1, 0.15) is 0 Å². The minimum Gasteiger partial charge on any atom is -0.396 e. The fraction of sp³-hybridized carbons (Fsp3) is 1.00. The molecule has 0 saturated carbocycles. The highest BCUT2D eigenvalue weighted by atomic mass is 16.3. The van der Waals surface area contributed by atoms with Crippen LogP contribution in [-0.2, 0) is 0 Å². The quantitative estimate of drug-likeness (QED) is 0.124. The third-order valence-corrected chi connectivity index (χ3v) is 8.57. The van der Waals surface area contributed by atoms with Crippen molar-refractivity contribution < 1.29 is 61.3 Å². The van der Waals surface area contributed by atoms with Gasteiger partial charge in [-0.1, -0.05) is 97.4 Å². The molecule has 0 aromatic carbocycles. The molecule has 48 heavy (non-hydrogen) atoms. The molecule has 0 heterocycles. The van der Waals surface area contributed by atoms with Crippen LogP contribution >= 0.6 is 0 Å². The summed E-state index contributed by atoms with van der Waals surface area (Å²) in [5, 5.41) is 104. The summed E-state index contributed by atoms with van der Waals surface area (Å²) in [7, 11) is 0. The Bertz CT molecular complexity index is 582. The van der Waals surface area contributed by atoms with Gasteiger partial charge in [-0.25, -0.2) is 0 Å². The van der Waals surface area contributed by atoms with E-state index >= 15 is 0 Å². The topological polar surface area (TPSA) is 243 Å². The van der Waals surface area contributed by atoms with Crippen molar-refractivity contribution in [2.45, 2.75) is 135 Å². The van der Waals surface area contributed by atoms with Crippen LogP contribution in [0.1, 0.15) is 111 Å². The van der Waals surface area contributed by atoms with E-state index in [1.54, 1.807) is 13.8 Å². The maximum atomic E-state index is 9.15. The van der Waals surface area contributed by atoms with E-state index in [-0.39, 0.29) is 95.3 Å². The van der Waals surface area contributed by atoms with Crippen LogP contribution in [0.3, 0.4) is 0 Å². The lowest BCUT2D eigenvalue weighted by molar-refractivity contribution is -0.0351. The van der Waals surface area contributed by atoms with Crippen molar-refractivity contribution in [3.8, 4) is 0 Å². The predicted octanol–water partition coefficient (Wildman–Crippen LogP) is 2.28. The molecule has 0 spiro atoms. The fourth-order valence-corrected chi connectivity index (χ4v) is 1.68. The molecule has 0 aliphatic heterocycles. The predicted molar refractivity (Wildman–Crippen MR) is 197 cm³/mol. The summed E-state index contributed by atoms with van der Waals surface area (Å²) < 4.78 is 0. The SMILES string of the molecule is C.CC(C)C(C)(CO)CO.CC(C)C(CO)CO.CC(C)[C@@H](O)CO.CC(C)[C@@](C)(O)CO.CC(C)[C@H](O)CO.CC(C)[C@](C)(O)CO. The van der Waals surface area contributed by atoms with E-state index in [0.29, 0.717) is 11.8 Å². The van der Waals surface area contributed by atoms with E-state index in [2.05, 4.69) is 0 Å². The Balaban J connectivity index is -0.0000000839. The molecule has 0 fully saturated rings. The van der Waals surface area contributed by atoms with Crippen LogP contribution in [0.4, 0.5) is 0 Å². The highest BCUT2D eigenvalue weighted by Crippen LogP contribution is 2.24. The monoisotopic (exact) mass is 711 g/mol. The standard InChI is InChI=1S/C7H16O2.3C6H14O2.2C5H12O2.CH4/c1-6(2)7(3,4-8)5-9;2*1-5(2)6(3,8)4-7;1-5(2)6(3-7)4-8;2*1-4(2)5(7)3-6;/h6,8-9H,4-5H2,1-3H3;2*5,7-8H,4H2,1-3H3;5-8H,3-4H2,1-2H3;2*4-7H,3H2,1-2H3;1H4/t;2*6-;;2*5-;/m.10.10./s1. The fourth-order valence-electron chi connectivity index (χ4n) is 1.68. The zero-order chi connectivity index (χ0) is 39.4. The van der Waals surface area contributed by atoms with Crippen molar-refractivity contribution in [1.82, 2.24) is 0 Å². The molecule has 12 N–H and O–H groups in total. The Morgan fingerprint density at radius 3 is 0.646 bits per heavy atom. The van der Waals surface area contributed by atoms with Crippen LogP contribution in [0, 0.1) is 46.8 Å². The second kappa shape index (κ2) is 34.9. The molecule has 0 saturated heterocycles. The third kappa shape index (κ3) is 36.8. The molecule has 0 aromatic rings. The van der Waals surface area contributed by atoms with Crippen molar-refractivity contribution in [2.75, 3.05) is 52.9 Å². The van der Waals surface area contributed by atoms with Gasteiger partial charge < -0.3 is 61.3 Å². The van der Waals surface area contributed by atoms with Crippen LogP contribution in [0.5, 0.6) is 0 Å². The summed E-state index contributed by atoms with van der Waals surface area (Å²) in [6.07, 6.45) is -1.08. The van der Waals surface area contributed by atoms with Crippen molar-refractivity contribution in [1.29, 1.82) is 0 Å². The normalized spacial score (nSPS) is 14.9. The number of aliphatic hydroxyl groups excluding tert-OH is 10. The van der Waals surface area contributed by atoms with Crippen LogP contribution in [0.2, 0.25) is 0 Å². The van der Waals surface area contributed by atoms with Crippen LogP contribution in [-0.4, -0.2) is 138 Å². The van der Waals surface area contributed by atoms with Crippen molar-refractivity contribution in [2.24, 2.45) is 46.8 Å². The summed E-state index contributed by atoms with van der Waals surface area (Å²) in [5.74, 6) is 1.35. The van der Waals surface area contributed by atoms with Crippen molar-refractivity contribution in [3.63, 3.8) is 0 Å². The summed E-state index contributed by atoms with van der Waals surface area (Å²) in [6, 6.07) is 0. The summed E-state index contributed by atoms with van der Waals surface area (Å²) in [5.41, 5.74) is -2.11. The number of aliphatic hydroxyl groups is 12. The van der Waals surface area contributed by atoms with E-state index in [9.17, 15) is 0 Å². The lowest BCUT2D eigenvalue weighted by Crippen LogP contribution is -2.34. The first-order valence-electron chi connectivity index (χ1n) is 16.8. The first-order valence-corrected chi connectivity index (χ1v) is 16.8. The highest BCUT2D eigenvalue weighted by molar-refractivity contribution is 4.75. The van der Waals surface area contributed by atoms with Gasteiger partial charge in [-0.15, -0.1) is 0 Å². The zero-order valence-corrected chi connectivity index (χ0v) is 32.7. The highest BCUT2D eigenvalue weighted by Gasteiger charge is 2.26. The van der Waals surface area contributed by atoms with Gasteiger partial charge in [-0.2, -0.15) is 0 Å². The largest absolute Gasteiger partial charge is 0.396 e. The average molecular weight is 711 g/mol. The lowest BCUT2D eigenvalue weighted by atomic mass is 9.81. The molecule has 0 aliphatic rings. The summed E-state index contributed by atoms with van der Waals surface area (Å²) in [6.45, 7) is 27.7. The smallest absolute Gasteiger partial charge is 0.0872 e. The molecule has 0 radical (unpaired) electrons. The first kappa shape index (κ1) is 62.6. The number of hydrogen-bond donors (Lipinski definition) is 12. The molecule has 0 bridgehead atoms. The second-order valence-electron chi connectivity index (χ2n) is 14.8. The van der Waals surface area contributed by atoms with Gasteiger partial charge in [0, 0.05) is 24.5 Å².